The molecule has 3 aromatic rings. The van der Waals surface area contributed by atoms with Crippen LogP contribution in [0.25, 0.3) is 22.6 Å². The normalized spacial score (nSPS) is 12.4. The Balaban J connectivity index is 2.07. The van der Waals surface area contributed by atoms with E-state index in [1.807, 2.05) is 12.1 Å². The molecule has 0 radical (unpaired) electrons. The third-order valence-corrected chi connectivity index (χ3v) is 4.30. The summed E-state index contributed by atoms with van der Waals surface area (Å²) in [5.74, 6) is 1.38. The van der Waals surface area contributed by atoms with Crippen LogP contribution in [0.3, 0.4) is 0 Å². The molecule has 0 saturated heterocycles. The topological polar surface area (TPSA) is 76.0 Å². The van der Waals surface area contributed by atoms with Crippen LogP contribution >= 0.6 is 0 Å². The van der Waals surface area contributed by atoms with Gasteiger partial charge in [-0.25, -0.2) is 13.4 Å². The van der Waals surface area contributed by atoms with Crippen LogP contribution in [0.2, 0.25) is 0 Å². The number of imidazole rings is 1. The molecule has 110 valence electrons. The third kappa shape index (κ3) is 2.58. The van der Waals surface area contributed by atoms with Crippen LogP contribution in [0.4, 0.5) is 0 Å². The second kappa shape index (κ2) is 4.73. The van der Waals surface area contributed by atoms with E-state index in [9.17, 15) is 8.42 Å². The van der Waals surface area contributed by atoms with Gasteiger partial charge in [0.05, 0.1) is 11.0 Å². The van der Waals surface area contributed by atoms with Gasteiger partial charge in [-0.3, -0.25) is 0 Å². The van der Waals surface area contributed by atoms with Gasteiger partial charge in [0.15, 0.2) is 11.6 Å². The Labute approximate surface area is 122 Å². The quantitative estimate of drug-likeness (QED) is 0.805. The van der Waals surface area contributed by atoms with E-state index in [1.54, 1.807) is 6.07 Å². The Kier molecular flexibility index (Phi) is 3.13. The van der Waals surface area contributed by atoms with E-state index in [1.165, 1.54) is 11.6 Å². The first-order valence-corrected chi connectivity index (χ1v) is 8.53. The van der Waals surface area contributed by atoms with Crippen LogP contribution < -0.4 is 0 Å². The lowest BCUT2D eigenvalue weighted by Gasteiger charge is -2.03. The molecule has 5 nitrogen and oxygen atoms in total. The summed E-state index contributed by atoms with van der Waals surface area (Å²) >= 11 is 0. The zero-order chi connectivity index (χ0) is 15.2. The summed E-state index contributed by atoms with van der Waals surface area (Å²) in [6.45, 7) is 4.26. The van der Waals surface area contributed by atoms with E-state index in [0.717, 1.165) is 17.3 Å². The van der Waals surface area contributed by atoms with Gasteiger partial charge in [-0.15, -0.1) is 0 Å². The minimum atomic E-state index is -3.35. The van der Waals surface area contributed by atoms with Gasteiger partial charge in [0.1, 0.15) is 0 Å². The largest absolute Gasteiger partial charge is 0.441 e. The van der Waals surface area contributed by atoms with E-state index >= 15 is 0 Å². The monoisotopic (exact) mass is 304 g/mol. The minimum absolute atomic E-state index is 0.0548. The van der Waals surface area contributed by atoms with Gasteiger partial charge in [-0.1, -0.05) is 19.9 Å². The predicted octanol–water partition coefficient (Wildman–Crippen LogP) is 3.35. The van der Waals surface area contributed by atoms with Crippen molar-refractivity contribution in [1.82, 2.24) is 9.97 Å². The number of hydrogen-bond donors (Lipinski definition) is 1. The first kappa shape index (κ1) is 13.9. The number of furan rings is 1. The van der Waals surface area contributed by atoms with Crippen molar-refractivity contribution in [2.24, 2.45) is 0 Å². The molecule has 0 spiro atoms. The van der Waals surface area contributed by atoms with Crippen LogP contribution in [0.5, 0.6) is 0 Å². The number of fused-ring (bicyclic) bond motifs is 1. The summed E-state index contributed by atoms with van der Waals surface area (Å²) in [6, 6.07) is 9.10. The lowest BCUT2D eigenvalue weighted by molar-refractivity contribution is 0.461. The molecule has 21 heavy (non-hydrogen) atoms. The standard InChI is InChI=1S/C15H16N2O3S/c1-9(2)10-4-5-11-12(8-10)17-15(16-11)13-6-7-14(20-13)21(3,18)19/h4-9H,1-3H3,(H,16,17). The molecule has 0 saturated carbocycles. The highest BCUT2D eigenvalue weighted by molar-refractivity contribution is 7.90. The molecule has 0 unspecified atom stereocenters. The molecule has 0 aliphatic rings. The molecular formula is C15H16N2O3S. The van der Waals surface area contributed by atoms with Crippen LogP contribution in [-0.4, -0.2) is 24.6 Å². The van der Waals surface area contributed by atoms with Crippen molar-refractivity contribution in [2.45, 2.75) is 24.9 Å². The van der Waals surface area contributed by atoms with E-state index < -0.39 is 9.84 Å². The lowest BCUT2D eigenvalue weighted by atomic mass is 10.0. The molecule has 0 aliphatic carbocycles. The number of benzene rings is 1. The highest BCUT2D eigenvalue weighted by Crippen LogP contribution is 2.26. The summed E-state index contributed by atoms with van der Waals surface area (Å²) in [5.41, 5.74) is 2.95. The maximum absolute atomic E-state index is 11.4. The maximum atomic E-state index is 11.4. The van der Waals surface area contributed by atoms with Crippen LogP contribution in [0, 0.1) is 0 Å². The van der Waals surface area contributed by atoms with E-state index in [0.29, 0.717) is 17.5 Å². The van der Waals surface area contributed by atoms with Crippen molar-refractivity contribution >= 4 is 20.9 Å². The third-order valence-electron chi connectivity index (χ3n) is 3.35. The molecule has 2 heterocycles. The summed E-state index contributed by atoms with van der Waals surface area (Å²) in [4.78, 5) is 7.61. The Bertz CT molecular complexity index is 904. The van der Waals surface area contributed by atoms with E-state index in [-0.39, 0.29) is 5.09 Å². The number of aromatic nitrogens is 2. The Hall–Kier alpha value is -2.08. The van der Waals surface area contributed by atoms with Gasteiger partial charge in [-0.05, 0) is 35.7 Å². The zero-order valence-corrected chi connectivity index (χ0v) is 12.9. The molecule has 1 aromatic carbocycles. The Morgan fingerprint density at radius 2 is 1.95 bits per heavy atom. The van der Waals surface area contributed by atoms with Crippen molar-refractivity contribution < 1.29 is 12.8 Å². The molecular weight excluding hydrogens is 288 g/mol. The Morgan fingerprint density at radius 1 is 1.19 bits per heavy atom. The number of H-pyrrole nitrogens is 1. The minimum Gasteiger partial charge on any atom is -0.441 e. The number of rotatable bonds is 3. The van der Waals surface area contributed by atoms with Gasteiger partial charge in [0.25, 0.3) is 0 Å². The molecule has 6 heteroatoms. The van der Waals surface area contributed by atoms with Gasteiger partial charge in [0, 0.05) is 6.26 Å². The molecule has 3 rings (SSSR count). The highest BCUT2D eigenvalue weighted by atomic mass is 32.2. The van der Waals surface area contributed by atoms with Crippen molar-refractivity contribution in [3.63, 3.8) is 0 Å². The van der Waals surface area contributed by atoms with Crippen molar-refractivity contribution in [3.8, 4) is 11.6 Å². The first-order chi connectivity index (χ1) is 9.84. The molecule has 0 bridgehead atoms. The smallest absolute Gasteiger partial charge is 0.218 e. The van der Waals surface area contributed by atoms with Gasteiger partial charge < -0.3 is 9.40 Å². The predicted molar refractivity (Wildman–Crippen MR) is 81.0 cm³/mol. The highest BCUT2D eigenvalue weighted by Gasteiger charge is 2.16. The molecule has 2 aromatic heterocycles. The molecule has 0 aliphatic heterocycles. The average Bonchev–Trinajstić information content (AvgIpc) is 3.03. The average molecular weight is 304 g/mol. The van der Waals surface area contributed by atoms with Gasteiger partial charge in [0.2, 0.25) is 14.9 Å². The van der Waals surface area contributed by atoms with E-state index in [2.05, 4.69) is 29.9 Å². The Morgan fingerprint density at radius 3 is 2.57 bits per heavy atom. The number of nitrogens with zero attached hydrogens (tertiary/aromatic N) is 1. The van der Waals surface area contributed by atoms with Crippen molar-refractivity contribution in [2.75, 3.05) is 6.26 Å². The SMILES string of the molecule is CC(C)c1ccc2nc(-c3ccc(S(C)(=O)=O)o3)[nH]c2c1. The molecule has 0 fully saturated rings. The summed E-state index contributed by atoms with van der Waals surface area (Å²) < 4.78 is 28.2. The van der Waals surface area contributed by atoms with Crippen molar-refractivity contribution in [1.29, 1.82) is 0 Å². The zero-order valence-electron chi connectivity index (χ0n) is 12.0. The summed E-state index contributed by atoms with van der Waals surface area (Å²) in [6.07, 6.45) is 1.11. The number of sulfone groups is 1. The summed E-state index contributed by atoms with van der Waals surface area (Å²) in [7, 11) is -3.35. The second-order valence-corrected chi connectivity index (χ2v) is 7.35. The molecule has 1 N–H and O–H groups in total. The number of hydrogen-bond acceptors (Lipinski definition) is 4. The molecule has 0 atom stereocenters. The first-order valence-electron chi connectivity index (χ1n) is 6.64. The molecule has 0 amide bonds. The van der Waals surface area contributed by atoms with Gasteiger partial charge in [-0.2, -0.15) is 0 Å². The second-order valence-electron chi connectivity index (χ2n) is 5.41. The summed E-state index contributed by atoms with van der Waals surface area (Å²) in [5, 5.41) is -0.0548. The van der Waals surface area contributed by atoms with Crippen LogP contribution in [0.1, 0.15) is 25.3 Å². The number of nitrogens with one attached hydrogen (secondary N) is 1. The van der Waals surface area contributed by atoms with E-state index in [4.69, 9.17) is 4.42 Å². The fourth-order valence-corrected chi connectivity index (χ4v) is 2.71. The van der Waals surface area contributed by atoms with Crippen LogP contribution in [0.15, 0.2) is 39.8 Å². The van der Waals surface area contributed by atoms with Crippen LogP contribution in [-0.2, 0) is 9.84 Å². The van der Waals surface area contributed by atoms with Gasteiger partial charge >= 0.3 is 0 Å². The fourth-order valence-electron chi connectivity index (χ4n) is 2.15. The maximum Gasteiger partial charge on any atom is 0.218 e. The van der Waals surface area contributed by atoms with Crippen molar-refractivity contribution in [3.05, 3.63) is 35.9 Å². The fraction of sp³-hybridized carbons (Fsp3) is 0.267. The number of aromatic amines is 1. The lowest BCUT2D eigenvalue weighted by Crippen LogP contribution is -1.93.